The molecule has 3 aliphatic carbocycles. The second kappa shape index (κ2) is 17.5. The van der Waals surface area contributed by atoms with Crippen LogP contribution in [0, 0.1) is 0 Å². The van der Waals surface area contributed by atoms with E-state index in [1.54, 1.807) is 0 Å². The first-order valence-electron chi connectivity index (χ1n) is 29.7. The van der Waals surface area contributed by atoms with Crippen molar-refractivity contribution in [2.75, 3.05) is 4.90 Å². The Labute approximate surface area is 491 Å². The summed E-state index contributed by atoms with van der Waals surface area (Å²) in [6.45, 7) is 14.2. The first-order chi connectivity index (χ1) is 40.9. The van der Waals surface area contributed by atoms with Crippen molar-refractivity contribution in [1.82, 2.24) is 9.13 Å². The lowest BCUT2D eigenvalue weighted by Gasteiger charge is -2.29. The first kappa shape index (κ1) is 48.7. The van der Waals surface area contributed by atoms with E-state index in [1.165, 1.54) is 150 Å². The summed E-state index contributed by atoms with van der Waals surface area (Å²) >= 11 is 0. The van der Waals surface area contributed by atoms with Crippen LogP contribution in [0.4, 0.5) is 17.1 Å². The van der Waals surface area contributed by atoms with Crippen molar-refractivity contribution in [2.45, 2.75) is 57.8 Å². The molecule has 400 valence electrons. The van der Waals surface area contributed by atoms with Gasteiger partial charge in [-0.15, -0.1) is 0 Å². The van der Waals surface area contributed by atoms with Gasteiger partial charge in [0.05, 0.1) is 27.8 Å². The second-order valence-electron chi connectivity index (χ2n) is 25.3. The first-order valence-corrected chi connectivity index (χ1v) is 29.7. The van der Waals surface area contributed by atoms with Crippen molar-refractivity contribution < 1.29 is 0 Å². The molecule has 0 bridgehead atoms. The molecule has 14 aromatic rings. The van der Waals surface area contributed by atoms with E-state index in [1.807, 2.05) is 0 Å². The fourth-order valence-corrected chi connectivity index (χ4v) is 15.5. The molecule has 0 aliphatic heterocycles. The van der Waals surface area contributed by atoms with Crippen LogP contribution in [-0.2, 0) is 16.2 Å². The summed E-state index contributed by atoms with van der Waals surface area (Å²) in [7, 11) is 0. The van der Waals surface area contributed by atoms with E-state index in [0.717, 1.165) is 11.4 Å². The van der Waals surface area contributed by atoms with Gasteiger partial charge < -0.3 is 14.0 Å². The Kier molecular flexibility index (Phi) is 10.2. The minimum atomic E-state index is -0.148. The average Bonchev–Trinajstić information content (AvgIpc) is 1.82. The monoisotopic (exact) mass is 1080 g/mol. The van der Waals surface area contributed by atoms with Crippen LogP contribution in [0.2, 0.25) is 0 Å². The molecule has 0 radical (unpaired) electrons. The van der Waals surface area contributed by atoms with Gasteiger partial charge in [0.15, 0.2) is 0 Å². The smallest absolute Gasteiger partial charge is 0.0544 e. The highest BCUT2D eigenvalue weighted by Crippen LogP contribution is 2.56. The van der Waals surface area contributed by atoms with Crippen LogP contribution in [0.3, 0.4) is 0 Å². The van der Waals surface area contributed by atoms with Crippen LogP contribution >= 0.6 is 0 Å². The third-order valence-corrected chi connectivity index (χ3v) is 19.7. The Morgan fingerprint density at radius 2 is 0.631 bits per heavy atom. The van der Waals surface area contributed by atoms with Crippen molar-refractivity contribution in [3.05, 3.63) is 294 Å². The molecule has 0 saturated carbocycles. The molecule has 2 heterocycles. The number of anilines is 3. The molecule has 12 aromatic carbocycles. The summed E-state index contributed by atoms with van der Waals surface area (Å²) < 4.78 is 4.93. The number of rotatable bonds is 7. The third kappa shape index (κ3) is 6.81. The molecule has 84 heavy (non-hydrogen) atoms. The van der Waals surface area contributed by atoms with E-state index >= 15 is 0 Å². The molecule has 0 saturated heterocycles. The van der Waals surface area contributed by atoms with Crippen molar-refractivity contribution in [3.8, 4) is 67.0 Å². The summed E-state index contributed by atoms with van der Waals surface area (Å²) in [6, 6.07) is 98.2. The van der Waals surface area contributed by atoms with Gasteiger partial charge in [0.2, 0.25) is 0 Å². The normalized spacial score (nSPS) is 14.6. The van der Waals surface area contributed by atoms with Gasteiger partial charge in [0, 0.05) is 66.1 Å². The summed E-state index contributed by atoms with van der Waals surface area (Å²) in [5.74, 6) is 0. The number of benzene rings is 12. The van der Waals surface area contributed by atoms with E-state index in [9.17, 15) is 0 Å². The lowest BCUT2D eigenvalue weighted by atomic mass is 9.82. The standard InChI is InChI=1S/C81H61N3/c1-79(2)69-29-18-15-26-60(69)78-70(79)30-19-31-75(78)82(56-38-32-50(33-39-56)52-36-42-73-63(44-52)65-46-61-58-24-13-16-27-67(58)80(3,4)71(61)48-76(65)83(73)54-20-9-7-10-21-54)57-40-34-51(35-41-57)53-37-43-74-64(45-53)66-47-62-59-25-14-17-28-68(59)81(5,6)72(62)49-77(66)84(74)55-22-11-8-12-23-55/h7-49H,1-6H3. The van der Waals surface area contributed by atoms with Crippen molar-refractivity contribution in [3.63, 3.8) is 0 Å². The second-order valence-corrected chi connectivity index (χ2v) is 25.3. The van der Waals surface area contributed by atoms with Crippen LogP contribution < -0.4 is 4.90 Å². The van der Waals surface area contributed by atoms with Gasteiger partial charge in [0.1, 0.15) is 0 Å². The highest BCUT2D eigenvalue weighted by atomic mass is 15.1. The highest BCUT2D eigenvalue weighted by Gasteiger charge is 2.40. The Hall–Kier alpha value is -9.96. The minimum Gasteiger partial charge on any atom is -0.310 e. The molecule has 3 nitrogen and oxygen atoms in total. The summed E-state index contributed by atoms with van der Waals surface area (Å²) in [6.07, 6.45) is 0. The number of aromatic nitrogens is 2. The zero-order chi connectivity index (χ0) is 56.4. The Morgan fingerprint density at radius 1 is 0.262 bits per heavy atom. The Morgan fingerprint density at radius 3 is 1.10 bits per heavy atom. The van der Waals surface area contributed by atoms with Gasteiger partial charge in [-0.05, 0) is 187 Å². The molecular formula is C81H61N3. The van der Waals surface area contributed by atoms with E-state index in [0.29, 0.717) is 0 Å². The van der Waals surface area contributed by atoms with E-state index in [-0.39, 0.29) is 16.2 Å². The van der Waals surface area contributed by atoms with Crippen LogP contribution in [0.15, 0.2) is 261 Å². The lowest BCUT2D eigenvalue weighted by molar-refractivity contribution is 0.660. The third-order valence-electron chi connectivity index (χ3n) is 19.7. The van der Waals surface area contributed by atoms with Gasteiger partial charge in [-0.1, -0.05) is 199 Å². The van der Waals surface area contributed by atoms with Crippen molar-refractivity contribution in [2.24, 2.45) is 0 Å². The number of hydrogen-bond donors (Lipinski definition) is 0. The van der Waals surface area contributed by atoms with Crippen LogP contribution in [0.5, 0.6) is 0 Å². The molecule has 17 rings (SSSR count). The molecule has 3 heteroatoms. The van der Waals surface area contributed by atoms with Gasteiger partial charge in [0.25, 0.3) is 0 Å². The Balaban J connectivity index is 0.795. The number of hydrogen-bond acceptors (Lipinski definition) is 1. The molecular weight excluding hydrogens is 1010 g/mol. The zero-order valence-electron chi connectivity index (χ0n) is 48.2. The summed E-state index contributed by atoms with van der Waals surface area (Å²) in [5.41, 5.74) is 31.2. The number of fused-ring (bicyclic) bond motifs is 15. The minimum absolute atomic E-state index is 0.102. The number of nitrogens with zero attached hydrogens (tertiary/aromatic N) is 3. The van der Waals surface area contributed by atoms with Crippen LogP contribution in [0.1, 0.15) is 74.9 Å². The quantitative estimate of drug-likeness (QED) is 0.155. The van der Waals surface area contributed by atoms with E-state index in [2.05, 4.69) is 316 Å². The SMILES string of the molecule is CC1(C)c2ccccc2-c2cc3c4cc(-c5ccc(N(c6ccc(-c7ccc8c(c7)c7cc9c(cc7n8-c7ccccc7)C(C)(C)c7ccccc7-9)cc6)c6cccc7c6-c6ccccc6C7(C)C)cc5)ccc4n(-c4ccccc4)c3cc21. The zero-order valence-corrected chi connectivity index (χ0v) is 48.2. The predicted octanol–water partition coefficient (Wildman–Crippen LogP) is 21.6. The average molecular weight is 1080 g/mol. The van der Waals surface area contributed by atoms with Crippen molar-refractivity contribution in [1.29, 1.82) is 0 Å². The maximum absolute atomic E-state index is 2.48. The largest absolute Gasteiger partial charge is 0.310 e. The van der Waals surface area contributed by atoms with Crippen LogP contribution in [0.25, 0.3) is 111 Å². The van der Waals surface area contributed by atoms with Gasteiger partial charge in [-0.2, -0.15) is 0 Å². The van der Waals surface area contributed by atoms with Gasteiger partial charge in [-0.3, -0.25) is 0 Å². The molecule has 3 aliphatic rings. The summed E-state index contributed by atoms with van der Waals surface area (Å²) in [5, 5.41) is 5.05. The topological polar surface area (TPSA) is 13.1 Å². The molecule has 0 unspecified atom stereocenters. The maximum Gasteiger partial charge on any atom is 0.0544 e. The fourth-order valence-electron chi connectivity index (χ4n) is 15.5. The van der Waals surface area contributed by atoms with Crippen molar-refractivity contribution >= 4 is 60.7 Å². The molecule has 0 amide bonds. The number of para-hydroxylation sites is 2. The predicted molar refractivity (Wildman–Crippen MR) is 353 cm³/mol. The molecule has 2 aromatic heterocycles. The molecule has 0 fully saturated rings. The van der Waals surface area contributed by atoms with Gasteiger partial charge >= 0.3 is 0 Å². The molecule has 0 atom stereocenters. The molecule has 0 N–H and O–H groups in total. The summed E-state index contributed by atoms with van der Waals surface area (Å²) in [4.78, 5) is 2.48. The lowest BCUT2D eigenvalue weighted by Crippen LogP contribution is -2.16. The Bertz CT molecular complexity index is 4800. The molecule has 0 spiro atoms. The van der Waals surface area contributed by atoms with E-state index in [4.69, 9.17) is 0 Å². The maximum atomic E-state index is 2.48. The van der Waals surface area contributed by atoms with Gasteiger partial charge in [-0.25, -0.2) is 0 Å². The fraction of sp³-hybridized carbons (Fsp3) is 0.111. The van der Waals surface area contributed by atoms with E-state index < -0.39 is 0 Å². The highest BCUT2D eigenvalue weighted by molar-refractivity contribution is 6.14. The van der Waals surface area contributed by atoms with Crippen LogP contribution in [-0.4, -0.2) is 9.13 Å².